The van der Waals surface area contributed by atoms with Gasteiger partial charge in [0.15, 0.2) is 0 Å². The van der Waals surface area contributed by atoms with Crippen molar-refractivity contribution in [2.75, 3.05) is 17.3 Å². The summed E-state index contributed by atoms with van der Waals surface area (Å²) in [5.41, 5.74) is 0.802. The maximum absolute atomic E-state index is 12.2. The summed E-state index contributed by atoms with van der Waals surface area (Å²) in [6, 6.07) is 16.6. The van der Waals surface area contributed by atoms with Crippen LogP contribution in [-0.2, 0) is 4.79 Å². The van der Waals surface area contributed by atoms with Crippen molar-refractivity contribution in [2.45, 2.75) is 0 Å². The quantitative estimate of drug-likeness (QED) is 0.395. The minimum absolute atomic E-state index is 0.118. The van der Waals surface area contributed by atoms with E-state index in [-0.39, 0.29) is 16.9 Å². The van der Waals surface area contributed by atoms with E-state index in [0.29, 0.717) is 0 Å². The molecular formula is C17H14N4O3. The Kier molecular flexibility index (Phi) is 5.26. The van der Waals surface area contributed by atoms with Gasteiger partial charge in [0.05, 0.1) is 4.92 Å². The fourth-order valence-corrected chi connectivity index (χ4v) is 1.97. The number of nitrogens with one attached hydrogen (secondary N) is 1. The minimum atomic E-state index is -0.638. The minimum Gasteiger partial charge on any atom is -0.350 e. The second-order valence-corrected chi connectivity index (χ2v) is 4.86. The van der Waals surface area contributed by atoms with Gasteiger partial charge in [-0.3, -0.25) is 14.9 Å². The lowest BCUT2D eigenvalue weighted by atomic mass is 10.2. The Morgan fingerprint density at radius 2 is 1.96 bits per heavy atom. The third-order valence-corrected chi connectivity index (χ3v) is 3.17. The molecule has 2 aromatic carbocycles. The zero-order valence-electron chi connectivity index (χ0n) is 12.8. The zero-order valence-corrected chi connectivity index (χ0v) is 12.8. The van der Waals surface area contributed by atoms with Crippen LogP contribution in [0.2, 0.25) is 0 Å². The average molecular weight is 322 g/mol. The summed E-state index contributed by atoms with van der Waals surface area (Å²) in [7, 11) is 1.72. The fraction of sp³-hybridized carbons (Fsp3) is 0.0588. The molecule has 2 rings (SSSR count). The Morgan fingerprint density at radius 3 is 2.58 bits per heavy atom. The van der Waals surface area contributed by atoms with E-state index in [4.69, 9.17) is 0 Å². The number of non-ortho nitro benzene ring substituents is 1. The predicted octanol–water partition coefficient (Wildman–Crippen LogP) is 3.08. The lowest BCUT2D eigenvalue weighted by molar-refractivity contribution is -0.384. The van der Waals surface area contributed by atoms with Crippen molar-refractivity contribution < 1.29 is 9.72 Å². The molecule has 7 heteroatoms. The molecule has 1 N–H and O–H groups in total. The molecule has 24 heavy (non-hydrogen) atoms. The highest BCUT2D eigenvalue weighted by Gasteiger charge is 2.13. The van der Waals surface area contributed by atoms with Crippen LogP contribution in [-0.4, -0.2) is 17.9 Å². The summed E-state index contributed by atoms with van der Waals surface area (Å²) in [6.07, 6.45) is 1.40. The molecule has 0 bridgehead atoms. The SMILES string of the molecule is CN(/C=C(/C#N)C(=O)Nc1cccc([N+](=O)[O-])c1)c1ccccc1. The van der Waals surface area contributed by atoms with Crippen molar-refractivity contribution in [1.29, 1.82) is 5.26 Å². The van der Waals surface area contributed by atoms with E-state index in [9.17, 15) is 20.2 Å². The van der Waals surface area contributed by atoms with Crippen molar-refractivity contribution in [1.82, 2.24) is 0 Å². The zero-order chi connectivity index (χ0) is 17.5. The predicted molar refractivity (Wildman–Crippen MR) is 90.3 cm³/mol. The van der Waals surface area contributed by atoms with E-state index in [0.717, 1.165) is 5.69 Å². The molecule has 120 valence electrons. The van der Waals surface area contributed by atoms with E-state index in [1.165, 1.54) is 30.5 Å². The van der Waals surface area contributed by atoms with Crippen molar-refractivity contribution in [2.24, 2.45) is 0 Å². The number of benzene rings is 2. The van der Waals surface area contributed by atoms with Gasteiger partial charge >= 0.3 is 0 Å². The van der Waals surface area contributed by atoms with Crippen molar-refractivity contribution in [3.8, 4) is 6.07 Å². The first-order valence-corrected chi connectivity index (χ1v) is 6.97. The van der Waals surface area contributed by atoms with Gasteiger partial charge in [-0.2, -0.15) is 5.26 Å². The van der Waals surface area contributed by atoms with Gasteiger partial charge in [0.25, 0.3) is 11.6 Å². The molecule has 0 saturated heterocycles. The van der Waals surface area contributed by atoms with Gasteiger partial charge < -0.3 is 10.2 Å². The van der Waals surface area contributed by atoms with Crippen molar-refractivity contribution in [3.05, 3.63) is 76.5 Å². The molecule has 0 spiro atoms. The summed E-state index contributed by atoms with van der Waals surface area (Å²) in [4.78, 5) is 24.0. The molecule has 0 atom stereocenters. The summed E-state index contributed by atoms with van der Waals surface area (Å²) >= 11 is 0. The van der Waals surface area contributed by atoms with Crippen LogP contribution < -0.4 is 10.2 Å². The van der Waals surface area contributed by atoms with Crippen molar-refractivity contribution >= 4 is 23.0 Å². The number of carbonyl (C=O) groups is 1. The third kappa shape index (κ3) is 4.18. The maximum atomic E-state index is 12.2. The highest BCUT2D eigenvalue weighted by atomic mass is 16.6. The van der Waals surface area contributed by atoms with Crippen LogP contribution in [0.1, 0.15) is 0 Å². The first-order valence-electron chi connectivity index (χ1n) is 6.97. The van der Waals surface area contributed by atoms with Crippen LogP contribution in [0.5, 0.6) is 0 Å². The molecule has 0 unspecified atom stereocenters. The number of hydrogen-bond donors (Lipinski definition) is 1. The average Bonchev–Trinajstić information content (AvgIpc) is 2.60. The number of carbonyl (C=O) groups excluding carboxylic acids is 1. The number of rotatable bonds is 5. The van der Waals surface area contributed by atoms with Crippen molar-refractivity contribution in [3.63, 3.8) is 0 Å². The second kappa shape index (κ2) is 7.56. The van der Waals surface area contributed by atoms with Gasteiger partial charge in [-0.1, -0.05) is 24.3 Å². The highest BCUT2D eigenvalue weighted by molar-refractivity contribution is 6.06. The number of hydrogen-bond acceptors (Lipinski definition) is 5. The van der Waals surface area contributed by atoms with Gasteiger partial charge in [0, 0.05) is 36.8 Å². The van der Waals surface area contributed by atoms with E-state index in [1.807, 2.05) is 36.4 Å². The normalized spacial score (nSPS) is 10.6. The number of anilines is 2. The molecule has 0 radical (unpaired) electrons. The summed E-state index contributed by atoms with van der Waals surface area (Å²) < 4.78 is 0. The molecule has 0 aliphatic rings. The number of nitrogens with zero attached hydrogens (tertiary/aromatic N) is 3. The molecule has 0 aromatic heterocycles. The molecule has 0 aliphatic heterocycles. The summed E-state index contributed by atoms with van der Waals surface area (Å²) in [5, 5.41) is 22.4. The first kappa shape index (κ1) is 16.7. The maximum Gasteiger partial charge on any atom is 0.271 e. The monoisotopic (exact) mass is 322 g/mol. The molecule has 0 saturated carbocycles. The Bertz CT molecular complexity index is 825. The van der Waals surface area contributed by atoms with E-state index in [1.54, 1.807) is 11.9 Å². The lowest BCUT2D eigenvalue weighted by Crippen LogP contribution is -2.17. The molecule has 7 nitrogen and oxygen atoms in total. The molecule has 1 amide bonds. The molecule has 0 aliphatic carbocycles. The third-order valence-electron chi connectivity index (χ3n) is 3.17. The number of para-hydroxylation sites is 1. The molecule has 0 fully saturated rings. The lowest BCUT2D eigenvalue weighted by Gasteiger charge is -2.14. The Labute approximate surface area is 138 Å². The van der Waals surface area contributed by atoms with E-state index < -0.39 is 10.8 Å². The topological polar surface area (TPSA) is 99.3 Å². The molecule has 0 heterocycles. The van der Waals surface area contributed by atoms with Crippen LogP contribution in [0.4, 0.5) is 17.1 Å². The van der Waals surface area contributed by atoms with Gasteiger partial charge in [0.1, 0.15) is 11.6 Å². The van der Waals surface area contributed by atoms with Crippen LogP contribution in [0.3, 0.4) is 0 Å². The van der Waals surface area contributed by atoms with Gasteiger partial charge in [-0.05, 0) is 18.2 Å². The van der Waals surface area contributed by atoms with E-state index >= 15 is 0 Å². The van der Waals surface area contributed by atoms with Gasteiger partial charge in [-0.25, -0.2) is 0 Å². The van der Waals surface area contributed by atoms with E-state index in [2.05, 4.69) is 5.32 Å². The smallest absolute Gasteiger partial charge is 0.271 e. The van der Waals surface area contributed by atoms with Crippen LogP contribution in [0.25, 0.3) is 0 Å². The fourth-order valence-electron chi connectivity index (χ4n) is 1.97. The largest absolute Gasteiger partial charge is 0.350 e. The summed E-state index contributed by atoms with van der Waals surface area (Å²) in [5.74, 6) is -0.638. The number of nitro benzene ring substituents is 1. The Balaban J connectivity index is 2.17. The first-order chi connectivity index (χ1) is 11.5. The number of nitro groups is 1. The highest BCUT2D eigenvalue weighted by Crippen LogP contribution is 2.18. The summed E-state index contributed by atoms with van der Waals surface area (Å²) in [6.45, 7) is 0. The van der Waals surface area contributed by atoms with Gasteiger partial charge in [0.2, 0.25) is 0 Å². The molecule has 2 aromatic rings. The standard InChI is InChI=1S/C17H14N4O3/c1-20(15-7-3-2-4-8-15)12-13(11-18)17(22)19-14-6-5-9-16(10-14)21(23)24/h2-10,12H,1H3,(H,19,22)/b13-12-. The van der Waals surface area contributed by atoms with Crippen LogP contribution in [0.15, 0.2) is 66.4 Å². The molecular weight excluding hydrogens is 308 g/mol. The number of amides is 1. The van der Waals surface area contributed by atoms with Crippen LogP contribution in [0, 0.1) is 21.4 Å². The van der Waals surface area contributed by atoms with Gasteiger partial charge in [-0.15, -0.1) is 0 Å². The number of nitriles is 1. The van der Waals surface area contributed by atoms with Crippen LogP contribution >= 0.6 is 0 Å². The Morgan fingerprint density at radius 1 is 1.25 bits per heavy atom. The second-order valence-electron chi connectivity index (χ2n) is 4.86. The Hall–Kier alpha value is -3.66.